The van der Waals surface area contributed by atoms with Gasteiger partial charge in [0.05, 0.1) is 5.41 Å². The molecule has 12 rings (SSSR count). The lowest BCUT2D eigenvalue weighted by molar-refractivity contribution is 0.660. The molecule has 2 aliphatic carbocycles. The molecule has 0 aliphatic heterocycles. The first kappa shape index (κ1) is 35.5. The Morgan fingerprint density at radius 3 is 1.46 bits per heavy atom. The standard InChI is InChI=1S/C60H43N/c1-59(2)55-35-30-47(39-54(55)53-37-43-16-8-9-17-44(43)38-58(53)59)60(56-22-12-10-20-51(56)52-21-11-13-23-57(52)60)46-28-33-50(34-29-46)61(48-18-4-3-5-19-48)49-31-26-41(27-32-49)45-25-24-40-14-6-7-15-42(40)36-45/h3-39H,1-2H3. The molecule has 0 aromatic heterocycles. The average Bonchev–Trinajstić information content (AvgIpc) is 3.74. The number of nitrogens with zero attached hydrogens (tertiary/aromatic N) is 1. The van der Waals surface area contributed by atoms with Crippen molar-refractivity contribution < 1.29 is 0 Å². The van der Waals surface area contributed by atoms with Gasteiger partial charge in [-0.15, -0.1) is 0 Å². The van der Waals surface area contributed by atoms with Gasteiger partial charge in [0.15, 0.2) is 0 Å². The van der Waals surface area contributed by atoms with Crippen LogP contribution < -0.4 is 4.90 Å². The molecular formula is C60H43N. The van der Waals surface area contributed by atoms with E-state index < -0.39 is 5.41 Å². The first-order valence-electron chi connectivity index (χ1n) is 21.4. The largest absolute Gasteiger partial charge is 0.311 e. The molecule has 0 radical (unpaired) electrons. The molecule has 0 saturated carbocycles. The molecule has 1 nitrogen and oxygen atoms in total. The van der Waals surface area contributed by atoms with Crippen molar-refractivity contribution in [3.05, 3.63) is 258 Å². The van der Waals surface area contributed by atoms with E-state index in [4.69, 9.17) is 0 Å². The lowest BCUT2D eigenvalue weighted by Crippen LogP contribution is -2.29. The van der Waals surface area contributed by atoms with Crippen molar-refractivity contribution in [3.8, 4) is 33.4 Å². The number of hydrogen-bond donors (Lipinski definition) is 0. The normalized spacial score (nSPS) is 14.0. The summed E-state index contributed by atoms with van der Waals surface area (Å²) in [6.07, 6.45) is 0. The molecule has 10 aromatic rings. The number of rotatable bonds is 6. The summed E-state index contributed by atoms with van der Waals surface area (Å²) in [5.74, 6) is 0. The Balaban J connectivity index is 1.02. The number of hydrogen-bond acceptors (Lipinski definition) is 1. The van der Waals surface area contributed by atoms with Crippen LogP contribution in [0.25, 0.3) is 54.9 Å². The SMILES string of the molecule is CC1(C)c2ccc(C3(c4ccc(N(c5ccccc5)c5ccc(-c6ccc7ccccc7c6)cc5)cc4)c4ccccc4-c4ccccc43)cc2-c2cc3ccccc3cc21. The molecule has 0 spiro atoms. The number of para-hydroxylation sites is 1. The van der Waals surface area contributed by atoms with Crippen LogP contribution in [0.15, 0.2) is 224 Å². The lowest BCUT2D eigenvalue weighted by Gasteiger charge is -2.35. The van der Waals surface area contributed by atoms with E-state index in [1.54, 1.807) is 0 Å². The van der Waals surface area contributed by atoms with Crippen molar-refractivity contribution in [2.24, 2.45) is 0 Å². The molecule has 0 bridgehead atoms. The van der Waals surface area contributed by atoms with E-state index in [9.17, 15) is 0 Å². The first-order valence-corrected chi connectivity index (χ1v) is 21.4. The van der Waals surface area contributed by atoms with Gasteiger partial charge in [0.1, 0.15) is 0 Å². The molecule has 0 N–H and O–H groups in total. The van der Waals surface area contributed by atoms with Gasteiger partial charge >= 0.3 is 0 Å². The van der Waals surface area contributed by atoms with E-state index in [0.717, 1.165) is 17.1 Å². The quantitative estimate of drug-likeness (QED) is 0.163. The summed E-state index contributed by atoms with van der Waals surface area (Å²) >= 11 is 0. The average molecular weight is 778 g/mol. The zero-order chi connectivity index (χ0) is 40.7. The van der Waals surface area contributed by atoms with E-state index in [2.05, 4.69) is 243 Å². The van der Waals surface area contributed by atoms with Gasteiger partial charge in [0.2, 0.25) is 0 Å². The molecule has 10 aromatic carbocycles. The third kappa shape index (κ3) is 5.33. The van der Waals surface area contributed by atoms with Crippen LogP contribution in [0.4, 0.5) is 17.1 Å². The van der Waals surface area contributed by atoms with E-state index in [-0.39, 0.29) is 5.41 Å². The van der Waals surface area contributed by atoms with Crippen molar-refractivity contribution >= 4 is 38.6 Å². The Kier molecular flexibility index (Phi) is 7.86. The van der Waals surface area contributed by atoms with Crippen molar-refractivity contribution in [1.29, 1.82) is 0 Å². The Morgan fingerprint density at radius 2 is 0.787 bits per heavy atom. The summed E-state index contributed by atoms with van der Waals surface area (Å²) in [5.41, 5.74) is 18.4. The highest BCUT2D eigenvalue weighted by Crippen LogP contribution is 2.58. The molecule has 0 saturated heterocycles. The number of fused-ring (bicyclic) bond motifs is 8. The van der Waals surface area contributed by atoms with Gasteiger partial charge in [-0.2, -0.15) is 0 Å². The highest BCUT2D eigenvalue weighted by molar-refractivity contribution is 5.95. The maximum Gasteiger partial charge on any atom is 0.0713 e. The summed E-state index contributed by atoms with van der Waals surface area (Å²) in [5, 5.41) is 5.08. The maximum absolute atomic E-state index is 2.53. The van der Waals surface area contributed by atoms with Crippen LogP contribution in [0.2, 0.25) is 0 Å². The second-order valence-electron chi connectivity index (χ2n) is 17.3. The van der Waals surface area contributed by atoms with Crippen molar-refractivity contribution in [2.75, 3.05) is 4.90 Å². The van der Waals surface area contributed by atoms with Gasteiger partial charge in [0, 0.05) is 22.5 Å². The zero-order valence-corrected chi connectivity index (χ0v) is 34.3. The van der Waals surface area contributed by atoms with Crippen molar-refractivity contribution in [2.45, 2.75) is 24.7 Å². The Labute approximate surface area is 357 Å². The van der Waals surface area contributed by atoms with Gasteiger partial charge in [-0.05, 0) is 149 Å². The molecular weight excluding hydrogens is 735 g/mol. The second-order valence-corrected chi connectivity index (χ2v) is 17.3. The molecule has 0 atom stereocenters. The number of anilines is 3. The summed E-state index contributed by atoms with van der Waals surface area (Å²) in [6.45, 7) is 4.77. The topological polar surface area (TPSA) is 3.24 Å². The van der Waals surface area contributed by atoms with Crippen molar-refractivity contribution in [3.63, 3.8) is 0 Å². The predicted molar refractivity (Wildman–Crippen MR) is 256 cm³/mol. The first-order chi connectivity index (χ1) is 30.0. The van der Waals surface area contributed by atoms with E-state index in [1.165, 1.54) is 88.3 Å². The van der Waals surface area contributed by atoms with Gasteiger partial charge in [-0.3, -0.25) is 0 Å². The van der Waals surface area contributed by atoms with Crippen LogP contribution >= 0.6 is 0 Å². The Hall–Kier alpha value is -7.48. The number of benzene rings is 10. The summed E-state index contributed by atoms with van der Waals surface area (Å²) in [7, 11) is 0. The smallest absolute Gasteiger partial charge is 0.0713 e. The molecule has 61 heavy (non-hydrogen) atoms. The molecule has 0 heterocycles. The highest BCUT2D eigenvalue weighted by Gasteiger charge is 2.47. The minimum Gasteiger partial charge on any atom is -0.311 e. The van der Waals surface area contributed by atoms with Gasteiger partial charge < -0.3 is 4.90 Å². The van der Waals surface area contributed by atoms with Gasteiger partial charge in [-0.25, -0.2) is 0 Å². The summed E-state index contributed by atoms with van der Waals surface area (Å²) in [6, 6.07) is 83.6. The highest BCUT2D eigenvalue weighted by atomic mass is 15.1. The van der Waals surface area contributed by atoms with Crippen LogP contribution in [0.5, 0.6) is 0 Å². The fourth-order valence-electron chi connectivity index (χ4n) is 10.8. The monoisotopic (exact) mass is 777 g/mol. The van der Waals surface area contributed by atoms with E-state index in [0.29, 0.717) is 0 Å². The summed E-state index contributed by atoms with van der Waals surface area (Å²) < 4.78 is 0. The molecule has 1 heteroatoms. The molecule has 2 aliphatic rings. The Morgan fingerprint density at radius 1 is 0.295 bits per heavy atom. The maximum atomic E-state index is 2.53. The van der Waals surface area contributed by atoms with Crippen LogP contribution in [0.1, 0.15) is 47.2 Å². The van der Waals surface area contributed by atoms with E-state index >= 15 is 0 Å². The van der Waals surface area contributed by atoms with Crippen LogP contribution in [-0.4, -0.2) is 0 Å². The summed E-state index contributed by atoms with van der Waals surface area (Å²) in [4.78, 5) is 2.37. The molecule has 288 valence electrons. The van der Waals surface area contributed by atoms with Crippen molar-refractivity contribution in [1.82, 2.24) is 0 Å². The lowest BCUT2D eigenvalue weighted by atomic mass is 9.67. The minimum atomic E-state index is -0.524. The Bertz CT molecular complexity index is 3270. The van der Waals surface area contributed by atoms with Gasteiger partial charge in [0.25, 0.3) is 0 Å². The van der Waals surface area contributed by atoms with Gasteiger partial charge in [-0.1, -0.05) is 178 Å². The fourth-order valence-corrected chi connectivity index (χ4v) is 10.8. The zero-order valence-electron chi connectivity index (χ0n) is 34.3. The third-order valence-electron chi connectivity index (χ3n) is 13.7. The second kappa shape index (κ2) is 13.5. The molecule has 0 fully saturated rings. The fraction of sp³-hybridized carbons (Fsp3) is 0.0667. The van der Waals surface area contributed by atoms with E-state index in [1.807, 2.05) is 0 Å². The van der Waals surface area contributed by atoms with Crippen LogP contribution in [0.3, 0.4) is 0 Å². The van der Waals surface area contributed by atoms with Crippen LogP contribution in [-0.2, 0) is 10.8 Å². The minimum absolute atomic E-state index is 0.109. The van der Waals surface area contributed by atoms with Crippen LogP contribution in [0, 0.1) is 0 Å². The predicted octanol–water partition coefficient (Wildman–Crippen LogP) is 15.8. The molecule has 0 unspecified atom stereocenters. The third-order valence-corrected chi connectivity index (χ3v) is 13.7. The molecule has 0 amide bonds.